The van der Waals surface area contributed by atoms with Gasteiger partial charge >= 0.3 is 0 Å². The lowest BCUT2D eigenvalue weighted by molar-refractivity contribution is 0.103. The summed E-state index contributed by atoms with van der Waals surface area (Å²) in [5.41, 5.74) is 7.16. The molecule has 0 unspecified atom stereocenters. The van der Waals surface area contributed by atoms with Gasteiger partial charge < -0.3 is 5.73 Å². The summed E-state index contributed by atoms with van der Waals surface area (Å²) in [6, 6.07) is 7.53. The molecule has 19 heavy (non-hydrogen) atoms. The monoisotopic (exact) mass is 341 g/mol. The highest BCUT2D eigenvalue weighted by molar-refractivity contribution is 9.10. The van der Waals surface area contributed by atoms with Crippen LogP contribution in [0.5, 0.6) is 0 Å². The highest BCUT2D eigenvalue weighted by Crippen LogP contribution is 2.28. The van der Waals surface area contributed by atoms with Gasteiger partial charge in [0.25, 0.3) is 0 Å². The van der Waals surface area contributed by atoms with Gasteiger partial charge in [-0.3, -0.25) is 4.79 Å². The number of anilines is 1. The van der Waals surface area contributed by atoms with Gasteiger partial charge in [-0.25, -0.2) is 4.39 Å². The summed E-state index contributed by atoms with van der Waals surface area (Å²) in [6.07, 6.45) is 0. The lowest BCUT2D eigenvalue weighted by atomic mass is 9.99. The van der Waals surface area contributed by atoms with Crippen molar-refractivity contribution in [3.05, 3.63) is 62.3 Å². The fourth-order valence-electron chi connectivity index (χ4n) is 1.72. The Morgan fingerprint density at radius 2 is 2.00 bits per heavy atom. The first kappa shape index (κ1) is 14.0. The Morgan fingerprint density at radius 3 is 2.68 bits per heavy atom. The fourth-order valence-corrected chi connectivity index (χ4v) is 2.20. The molecule has 2 aromatic carbocycles. The Kier molecular flexibility index (Phi) is 3.92. The highest BCUT2D eigenvalue weighted by Gasteiger charge is 2.18. The first-order valence-corrected chi connectivity index (χ1v) is 6.63. The van der Waals surface area contributed by atoms with Crippen molar-refractivity contribution in [3.63, 3.8) is 0 Å². The molecular formula is C14H10BrClFNO. The van der Waals surface area contributed by atoms with Crippen molar-refractivity contribution in [3.8, 4) is 0 Å². The summed E-state index contributed by atoms with van der Waals surface area (Å²) in [4.78, 5) is 12.3. The molecule has 0 aliphatic rings. The predicted octanol–water partition coefficient (Wildman–Crippen LogP) is 4.36. The van der Waals surface area contributed by atoms with Crippen LogP contribution in [-0.2, 0) is 0 Å². The summed E-state index contributed by atoms with van der Waals surface area (Å²) < 4.78 is 14.3. The molecule has 0 bridgehead atoms. The molecule has 98 valence electrons. The molecule has 0 fully saturated rings. The highest BCUT2D eigenvalue weighted by atomic mass is 79.9. The predicted molar refractivity (Wildman–Crippen MR) is 78.1 cm³/mol. The molecule has 0 aromatic heterocycles. The van der Waals surface area contributed by atoms with Crippen LogP contribution in [0.3, 0.4) is 0 Å². The third kappa shape index (κ3) is 2.65. The molecule has 5 heteroatoms. The molecule has 2 nitrogen and oxygen atoms in total. The Labute approximate surface area is 123 Å². The Hall–Kier alpha value is -1.39. The minimum atomic E-state index is -0.637. The van der Waals surface area contributed by atoms with Crippen LogP contribution in [-0.4, -0.2) is 5.78 Å². The first-order chi connectivity index (χ1) is 8.91. The van der Waals surface area contributed by atoms with E-state index in [4.69, 9.17) is 17.3 Å². The van der Waals surface area contributed by atoms with Crippen molar-refractivity contribution < 1.29 is 9.18 Å². The number of hydrogen-bond acceptors (Lipinski definition) is 2. The number of carbonyl (C=O) groups excluding carboxylic acids is 1. The molecular weight excluding hydrogens is 333 g/mol. The number of hydrogen-bond donors (Lipinski definition) is 1. The van der Waals surface area contributed by atoms with Crippen molar-refractivity contribution in [1.82, 2.24) is 0 Å². The lowest BCUT2D eigenvalue weighted by Gasteiger charge is -2.09. The second kappa shape index (κ2) is 5.31. The lowest BCUT2D eigenvalue weighted by Crippen LogP contribution is -2.08. The van der Waals surface area contributed by atoms with E-state index in [1.54, 1.807) is 25.1 Å². The normalized spacial score (nSPS) is 10.5. The van der Waals surface area contributed by atoms with Crippen LogP contribution in [0.25, 0.3) is 0 Å². The number of aryl methyl sites for hydroxylation is 1. The van der Waals surface area contributed by atoms with Gasteiger partial charge in [0.1, 0.15) is 5.82 Å². The molecule has 2 rings (SSSR count). The molecule has 0 saturated carbocycles. The molecule has 0 radical (unpaired) electrons. The maximum atomic E-state index is 13.8. The molecule has 0 atom stereocenters. The van der Waals surface area contributed by atoms with Crippen molar-refractivity contribution in [2.24, 2.45) is 0 Å². The number of ketones is 1. The smallest absolute Gasteiger partial charge is 0.198 e. The summed E-state index contributed by atoms with van der Waals surface area (Å²) in [7, 11) is 0. The van der Waals surface area contributed by atoms with Crippen LogP contribution in [0.4, 0.5) is 10.1 Å². The van der Waals surface area contributed by atoms with Gasteiger partial charge in [-0.1, -0.05) is 23.7 Å². The van der Waals surface area contributed by atoms with E-state index in [0.29, 0.717) is 10.2 Å². The fraction of sp³-hybridized carbons (Fsp3) is 0.0714. The summed E-state index contributed by atoms with van der Waals surface area (Å²) >= 11 is 9.00. The molecule has 0 aliphatic carbocycles. The molecule has 0 saturated heterocycles. The number of nitrogens with two attached hydrogens (primary N) is 1. The molecule has 2 N–H and O–H groups in total. The summed E-state index contributed by atoms with van der Waals surface area (Å²) in [5.74, 6) is -1.12. The van der Waals surface area contributed by atoms with Crippen LogP contribution in [0, 0.1) is 12.7 Å². The Balaban J connectivity index is 2.56. The quantitative estimate of drug-likeness (QED) is 0.500. The Bertz CT molecular complexity index is 673. The maximum absolute atomic E-state index is 13.8. The van der Waals surface area contributed by atoms with E-state index >= 15 is 0 Å². The van der Waals surface area contributed by atoms with Crippen LogP contribution in [0.2, 0.25) is 5.02 Å². The van der Waals surface area contributed by atoms with Gasteiger partial charge in [0.05, 0.1) is 10.6 Å². The minimum Gasteiger partial charge on any atom is -0.398 e. The zero-order chi connectivity index (χ0) is 14.2. The van der Waals surface area contributed by atoms with E-state index in [2.05, 4.69) is 15.9 Å². The molecule has 2 aromatic rings. The summed E-state index contributed by atoms with van der Waals surface area (Å²) in [5, 5.41) is 0.274. The van der Waals surface area contributed by atoms with Gasteiger partial charge in [0.15, 0.2) is 5.78 Å². The topological polar surface area (TPSA) is 43.1 Å². The van der Waals surface area contributed by atoms with Gasteiger partial charge in [0.2, 0.25) is 0 Å². The van der Waals surface area contributed by atoms with Crippen LogP contribution in [0.15, 0.2) is 34.8 Å². The van der Waals surface area contributed by atoms with Crippen LogP contribution >= 0.6 is 27.5 Å². The van der Waals surface area contributed by atoms with Crippen molar-refractivity contribution in [1.29, 1.82) is 0 Å². The number of para-hydroxylation sites is 1. The van der Waals surface area contributed by atoms with E-state index in [0.717, 1.165) is 5.56 Å². The SMILES string of the molecule is Cc1cccc(C(=O)c2cc(Cl)c(Br)cc2F)c1N. The van der Waals surface area contributed by atoms with Gasteiger partial charge in [-0.2, -0.15) is 0 Å². The Morgan fingerprint density at radius 1 is 1.32 bits per heavy atom. The van der Waals surface area contributed by atoms with E-state index in [1.807, 2.05) is 0 Å². The number of rotatable bonds is 2. The average Bonchev–Trinajstić information content (AvgIpc) is 2.36. The second-order valence-corrected chi connectivity index (χ2v) is 5.37. The standard InChI is InChI=1S/C14H10BrClFNO/c1-7-3-2-4-8(13(7)18)14(19)9-5-11(16)10(15)6-12(9)17/h2-6H,18H2,1H3. The van der Waals surface area contributed by atoms with E-state index in [1.165, 1.54) is 12.1 Å². The molecule has 0 spiro atoms. The number of nitrogen functional groups attached to an aromatic ring is 1. The third-order valence-corrected chi connectivity index (χ3v) is 4.02. The van der Waals surface area contributed by atoms with E-state index in [-0.39, 0.29) is 16.1 Å². The van der Waals surface area contributed by atoms with Crippen molar-refractivity contribution >= 4 is 39.0 Å². The zero-order valence-corrected chi connectivity index (χ0v) is 12.3. The zero-order valence-electron chi connectivity index (χ0n) is 10.0. The number of benzene rings is 2. The van der Waals surface area contributed by atoms with Crippen molar-refractivity contribution in [2.45, 2.75) is 6.92 Å². The molecule has 0 amide bonds. The molecule has 0 heterocycles. The van der Waals surface area contributed by atoms with Crippen LogP contribution in [0.1, 0.15) is 21.5 Å². The van der Waals surface area contributed by atoms with Crippen LogP contribution < -0.4 is 5.73 Å². The first-order valence-electron chi connectivity index (χ1n) is 5.46. The van der Waals surface area contributed by atoms with Gasteiger partial charge in [-0.05, 0) is 46.6 Å². The number of halogens is 3. The number of carbonyl (C=O) groups is 1. The maximum Gasteiger partial charge on any atom is 0.198 e. The second-order valence-electron chi connectivity index (χ2n) is 4.11. The average molecular weight is 343 g/mol. The van der Waals surface area contributed by atoms with Gasteiger partial charge in [-0.15, -0.1) is 0 Å². The summed E-state index contributed by atoms with van der Waals surface area (Å²) in [6.45, 7) is 1.79. The van der Waals surface area contributed by atoms with Crippen molar-refractivity contribution in [2.75, 3.05) is 5.73 Å². The third-order valence-electron chi connectivity index (χ3n) is 2.82. The minimum absolute atomic E-state index is 0.0921. The van der Waals surface area contributed by atoms with E-state index < -0.39 is 11.6 Å². The molecule has 0 aliphatic heterocycles. The largest absolute Gasteiger partial charge is 0.398 e. The van der Waals surface area contributed by atoms with E-state index in [9.17, 15) is 9.18 Å². The van der Waals surface area contributed by atoms with Gasteiger partial charge in [0, 0.05) is 15.7 Å².